The zero-order chi connectivity index (χ0) is 12.8. The van der Waals surface area contributed by atoms with E-state index in [9.17, 15) is 4.79 Å². The highest BCUT2D eigenvalue weighted by Crippen LogP contribution is 2.22. The van der Waals surface area contributed by atoms with Crippen LogP contribution >= 0.6 is 0 Å². The number of hydrogen-bond acceptors (Lipinski definition) is 2. The molecule has 0 aromatic heterocycles. The molecule has 1 aromatic carbocycles. The molecule has 1 aliphatic heterocycles. The fourth-order valence-electron chi connectivity index (χ4n) is 2.20. The monoisotopic (exact) mass is 245 g/mol. The normalized spacial score (nSPS) is 15.4. The quantitative estimate of drug-likeness (QED) is 0.882. The van der Waals surface area contributed by atoms with E-state index in [2.05, 4.69) is 18.2 Å². The van der Waals surface area contributed by atoms with Gasteiger partial charge in [-0.2, -0.15) is 0 Å². The molecule has 0 unspecified atom stereocenters. The maximum Gasteiger partial charge on any atom is 0.222 e. The van der Waals surface area contributed by atoms with Crippen molar-refractivity contribution >= 4 is 11.5 Å². The average molecular weight is 245 g/mol. The first-order chi connectivity index (χ1) is 8.81. The van der Waals surface area contributed by atoms with Crippen LogP contribution in [0, 0.1) is 0 Å². The number of rotatable bonds is 4. The molecule has 2 rings (SSSR count). The minimum Gasteiger partial charge on any atom is -0.396 e. The number of carbonyl (C=O) groups excluding carboxylic acids is 1. The number of aliphatic hydroxyl groups is 1. The summed E-state index contributed by atoms with van der Waals surface area (Å²) < 4.78 is 0. The van der Waals surface area contributed by atoms with E-state index in [1.54, 1.807) is 0 Å². The van der Waals surface area contributed by atoms with Gasteiger partial charge in [-0.3, -0.25) is 4.79 Å². The lowest BCUT2D eigenvalue weighted by Gasteiger charge is -2.26. The van der Waals surface area contributed by atoms with Crippen LogP contribution in [0.1, 0.15) is 24.8 Å². The summed E-state index contributed by atoms with van der Waals surface area (Å²) in [6.07, 6.45) is 4.06. The van der Waals surface area contributed by atoms with E-state index in [1.165, 1.54) is 11.1 Å². The van der Waals surface area contributed by atoms with Crippen molar-refractivity contribution in [1.82, 2.24) is 4.90 Å². The summed E-state index contributed by atoms with van der Waals surface area (Å²) in [5, 5.41) is 8.72. The minimum atomic E-state index is 0.0880. The largest absolute Gasteiger partial charge is 0.396 e. The summed E-state index contributed by atoms with van der Waals surface area (Å²) in [4.78, 5) is 13.6. The minimum absolute atomic E-state index is 0.0880. The third-order valence-electron chi connectivity index (χ3n) is 3.26. The first-order valence-electron chi connectivity index (χ1n) is 6.44. The van der Waals surface area contributed by atoms with Gasteiger partial charge in [-0.15, -0.1) is 0 Å². The van der Waals surface area contributed by atoms with Crippen LogP contribution in [0.25, 0.3) is 5.57 Å². The molecular weight excluding hydrogens is 226 g/mol. The molecule has 0 saturated carbocycles. The summed E-state index contributed by atoms with van der Waals surface area (Å²) in [6, 6.07) is 10.3. The van der Waals surface area contributed by atoms with Gasteiger partial charge in [0.1, 0.15) is 0 Å². The van der Waals surface area contributed by atoms with Gasteiger partial charge in [0.15, 0.2) is 0 Å². The Labute approximate surface area is 108 Å². The molecule has 3 heteroatoms. The van der Waals surface area contributed by atoms with Gasteiger partial charge in [0, 0.05) is 26.1 Å². The lowest BCUT2D eigenvalue weighted by atomic mass is 9.99. The van der Waals surface area contributed by atoms with E-state index in [0.717, 1.165) is 13.0 Å². The molecule has 1 aliphatic rings. The molecule has 3 nitrogen and oxygen atoms in total. The second-order valence-corrected chi connectivity index (χ2v) is 4.51. The van der Waals surface area contributed by atoms with Crippen molar-refractivity contribution in [1.29, 1.82) is 0 Å². The number of hydrogen-bond donors (Lipinski definition) is 1. The fourth-order valence-corrected chi connectivity index (χ4v) is 2.20. The van der Waals surface area contributed by atoms with Gasteiger partial charge in [-0.25, -0.2) is 0 Å². The van der Waals surface area contributed by atoms with E-state index < -0.39 is 0 Å². The van der Waals surface area contributed by atoms with Gasteiger partial charge < -0.3 is 10.0 Å². The number of benzene rings is 1. The summed E-state index contributed by atoms with van der Waals surface area (Å²) in [5.41, 5.74) is 2.57. The van der Waals surface area contributed by atoms with Crippen LogP contribution in [0.2, 0.25) is 0 Å². The predicted molar refractivity (Wildman–Crippen MR) is 71.9 cm³/mol. The van der Waals surface area contributed by atoms with Gasteiger partial charge in [-0.05, 0) is 24.0 Å². The lowest BCUT2D eigenvalue weighted by Crippen LogP contribution is -2.34. The average Bonchev–Trinajstić information content (AvgIpc) is 2.46. The Balaban J connectivity index is 1.94. The van der Waals surface area contributed by atoms with E-state index in [-0.39, 0.29) is 12.5 Å². The molecule has 1 amide bonds. The van der Waals surface area contributed by atoms with E-state index in [4.69, 9.17) is 5.11 Å². The molecule has 0 fully saturated rings. The van der Waals surface area contributed by atoms with Crippen molar-refractivity contribution in [2.24, 2.45) is 0 Å². The van der Waals surface area contributed by atoms with Crippen molar-refractivity contribution in [2.45, 2.75) is 19.3 Å². The Morgan fingerprint density at radius 2 is 2.06 bits per heavy atom. The SMILES string of the molecule is O=C(CCCO)N1CC=C(c2ccccc2)CC1. The van der Waals surface area contributed by atoms with Crippen LogP contribution < -0.4 is 0 Å². The maximum atomic E-state index is 11.8. The summed E-state index contributed by atoms with van der Waals surface area (Å²) in [5.74, 6) is 0.146. The highest BCUT2D eigenvalue weighted by Gasteiger charge is 2.17. The smallest absolute Gasteiger partial charge is 0.222 e. The van der Waals surface area contributed by atoms with Gasteiger partial charge in [-0.1, -0.05) is 36.4 Å². The molecule has 0 saturated heterocycles. The maximum absolute atomic E-state index is 11.8. The van der Waals surface area contributed by atoms with Gasteiger partial charge in [0.05, 0.1) is 0 Å². The van der Waals surface area contributed by atoms with Crippen molar-refractivity contribution in [2.75, 3.05) is 19.7 Å². The van der Waals surface area contributed by atoms with Crippen molar-refractivity contribution in [3.8, 4) is 0 Å². The predicted octanol–water partition coefficient (Wildman–Crippen LogP) is 2.07. The molecule has 1 N–H and O–H groups in total. The molecule has 96 valence electrons. The van der Waals surface area contributed by atoms with Gasteiger partial charge in [0.2, 0.25) is 5.91 Å². The highest BCUT2D eigenvalue weighted by molar-refractivity contribution is 5.78. The van der Waals surface area contributed by atoms with Crippen molar-refractivity contribution < 1.29 is 9.90 Å². The second kappa shape index (κ2) is 6.36. The Morgan fingerprint density at radius 1 is 1.28 bits per heavy atom. The highest BCUT2D eigenvalue weighted by atomic mass is 16.3. The first-order valence-corrected chi connectivity index (χ1v) is 6.44. The van der Waals surface area contributed by atoms with E-state index in [0.29, 0.717) is 19.4 Å². The molecular formula is C15H19NO2. The van der Waals surface area contributed by atoms with E-state index in [1.807, 2.05) is 23.1 Å². The van der Waals surface area contributed by atoms with Gasteiger partial charge >= 0.3 is 0 Å². The number of carbonyl (C=O) groups is 1. The molecule has 0 spiro atoms. The first kappa shape index (κ1) is 12.8. The van der Waals surface area contributed by atoms with Crippen LogP contribution in [-0.2, 0) is 4.79 Å². The summed E-state index contributed by atoms with van der Waals surface area (Å²) in [7, 11) is 0. The van der Waals surface area contributed by atoms with Crippen LogP contribution in [-0.4, -0.2) is 35.6 Å². The topological polar surface area (TPSA) is 40.5 Å². The van der Waals surface area contributed by atoms with E-state index >= 15 is 0 Å². The zero-order valence-corrected chi connectivity index (χ0v) is 10.5. The van der Waals surface area contributed by atoms with Crippen molar-refractivity contribution in [3.63, 3.8) is 0 Å². The Hall–Kier alpha value is -1.61. The van der Waals surface area contributed by atoms with Crippen LogP contribution in [0.15, 0.2) is 36.4 Å². The molecule has 1 heterocycles. The van der Waals surface area contributed by atoms with Crippen molar-refractivity contribution in [3.05, 3.63) is 42.0 Å². The second-order valence-electron chi connectivity index (χ2n) is 4.51. The third kappa shape index (κ3) is 3.20. The van der Waals surface area contributed by atoms with Crippen LogP contribution in [0.3, 0.4) is 0 Å². The van der Waals surface area contributed by atoms with Crippen LogP contribution in [0.5, 0.6) is 0 Å². The number of amides is 1. The number of aliphatic hydroxyl groups excluding tert-OH is 1. The summed E-state index contributed by atoms with van der Waals surface area (Å²) in [6.45, 7) is 1.56. The molecule has 0 radical (unpaired) electrons. The fraction of sp³-hybridized carbons (Fsp3) is 0.400. The Morgan fingerprint density at radius 3 is 2.67 bits per heavy atom. The van der Waals surface area contributed by atoms with Crippen LogP contribution in [0.4, 0.5) is 0 Å². The molecule has 18 heavy (non-hydrogen) atoms. The Bertz CT molecular complexity index is 425. The summed E-state index contributed by atoms with van der Waals surface area (Å²) >= 11 is 0. The van der Waals surface area contributed by atoms with Gasteiger partial charge in [0.25, 0.3) is 0 Å². The molecule has 0 aliphatic carbocycles. The molecule has 1 aromatic rings. The lowest BCUT2D eigenvalue weighted by molar-refractivity contribution is -0.131. The number of nitrogens with zero attached hydrogens (tertiary/aromatic N) is 1. The third-order valence-corrected chi connectivity index (χ3v) is 3.26. The molecule has 0 atom stereocenters. The standard InChI is InChI=1S/C15H19NO2/c17-12-4-7-15(18)16-10-8-14(9-11-16)13-5-2-1-3-6-13/h1-3,5-6,8,17H,4,7,9-12H2. The molecule has 0 bridgehead atoms. The Kier molecular flexibility index (Phi) is 4.53. The zero-order valence-electron chi connectivity index (χ0n) is 10.5.